The van der Waals surface area contributed by atoms with Crippen LogP contribution in [0.3, 0.4) is 0 Å². The first-order chi connectivity index (χ1) is 11.2. The van der Waals surface area contributed by atoms with E-state index in [2.05, 4.69) is 15.4 Å². The summed E-state index contributed by atoms with van der Waals surface area (Å²) in [5, 5.41) is 21.5. The van der Waals surface area contributed by atoms with Crippen molar-refractivity contribution in [2.45, 2.75) is 19.1 Å². The predicted molar refractivity (Wildman–Crippen MR) is 81.4 cm³/mol. The van der Waals surface area contributed by atoms with Crippen molar-refractivity contribution in [3.8, 4) is 11.4 Å². The molecule has 0 saturated carbocycles. The minimum Gasteiger partial charge on any atom is -0.394 e. The third-order valence-corrected chi connectivity index (χ3v) is 3.82. The van der Waals surface area contributed by atoms with E-state index in [9.17, 15) is 9.90 Å². The zero-order chi connectivity index (χ0) is 16.2. The summed E-state index contributed by atoms with van der Waals surface area (Å²) < 4.78 is 5.36. The van der Waals surface area contributed by atoms with Gasteiger partial charge in [0.05, 0.1) is 19.3 Å². The van der Waals surface area contributed by atoms with E-state index in [1.165, 1.54) is 4.80 Å². The molecule has 1 aliphatic heterocycles. The maximum absolute atomic E-state index is 12.6. The first-order valence-corrected chi connectivity index (χ1v) is 7.55. The number of hydrogen-bond acceptors (Lipinski definition) is 6. The van der Waals surface area contributed by atoms with E-state index in [-0.39, 0.29) is 18.6 Å². The lowest BCUT2D eigenvalue weighted by atomic mass is 10.2. The van der Waals surface area contributed by atoms with Crippen molar-refractivity contribution in [1.29, 1.82) is 0 Å². The van der Waals surface area contributed by atoms with E-state index in [1.807, 2.05) is 30.3 Å². The average Bonchev–Trinajstić information content (AvgIpc) is 3.11. The molecule has 0 radical (unpaired) electrons. The quantitative estimate of drug-likeness (QED) is 0.861. The molecule has 2 heterocycles. The number of nitrogens with zero attached hydrogens (tertiary/aromatic N) is 5. The second-order valence-electron chi connectivity index (χ2n) is 5.44. The molecule has 122 valence electrons. The number of tetrazole rings is 1. The maximum atomic E-state index is 12.6. The number of carbonyl (C=O) groups is 1. The van der Waals surface area contributed by atoms with E-state index in [0.29, 0.717) is 25.5 Å². The highest BCUT2D eigenvalue weighted by Crippen LogP contribution is 2.16. The van der Waals surface area contributed by atoms with Crippen molar-refractivity contribution in [3.63, 3.8) is 0 Å². The highest BCUT2D eigenvalue weighted by atomic mass is 16.5. The van der Waals surface area contributed by atoms with Gasteiger partial charge in [0.15, 0.2) is 0 Å². The van der Waals surface area contributed by atoms with Gasteiger partial charge in [0.2, 0.25) is 11.7 Å². The summed E-state index contributed by atoms with van der Waals surface area (Å²) in [6.07, 6.45) is -0.330. The summed E-state index contributed by atoms with van der Waals surface area (Å²) in [6, 6.07) is 8.93. The topological polar surface area (TPSA) is 93.4 Å². The number of benzene rings is 1. The Bertz CT molecular complexity index is 660. The van der Waals surface area contributed by atoms with E-state index in [4.69, 9.17) is 4.74 Å². The lowest BCUT2D eigenvalue weighted by Crippen LogP contribution is -2.49. The van der Waals surface area contributed by atoms with Gasteiger partial charge >= 0.3 is 0 Å². The fourth-order valence-electron chi connectivity index (χ4n) is 2.48. The molecule has 1 aromatic carbocycles. The Hall–Kier alpha value is -2.32. The lowest BCUT2D eigenvalue weighted by molar-refractivity contribution is -0.143. The molecule has 3 rings (SSSR count). The fraction of sp³-hybridized carbons (Fsp3) is 0.467. The predicted octanol–water partition coefficient (Wildman–Crippen LogP) is 0.121. The summed E-state index contributed by atoms with van der Waals surface area (Å²) in [6.45, 7) is 2.93. The molecule has 1 fully saturated rings. The number of aliphatic hydroxyl groups excluding tert-OH is 1. The Morgan fingerprint density at radius 2 is 2.22 bits per heavy atom. The van der Waals surface area contributed by atoms with Gasteiger partial charge in [0, 0.05) is 18.7 Å². The van der Waals surface area contributed by atoms with Gasteiger partial charge in [-0.15, -0.1) is 10.2 Å². The molecule has 1 N–H and O–H groups in total. The Morgan fingerprint density at radius 3 is 2.96 bits per heavy atom. The van der Waals surface area contributed by atoms with Crippen LogP contribution in [0.15, 0.2) is 30.3 Å². The van der Waals surface area contributed by atoms with Crippen LogP contribution in [0, 0.1) is 0 Å². The van der Waals surface area contributed by atoms with E-state index in [1.54, 1.807) is 11.8 Å². The number of hydrogen-bond donors (Lipinski definition) is 1. The van der Waals surface area contributed by atoms with Crippen LogP contribution < -0.4 is 0 Å². The number of aliphatic hydroxyl groups is 1. The molecule has 0 spiro atoms. The van der Waals surface area contributed by atoms with Crippen LogP contribution in [0.2, 0.25) is 0 Å². The SMILES string of the molecule is C[C@H](C(=O)N1CCO[C@H](CO)C1)n1nnc(-c2ccccc2)n1. The van der Waals surface area contributed by atoms with Crippen LogP contribution >= 0.6 is 0 Å². The molecular formula is C15H19N5O3. The smallest absolute Gasteiger partial charge is 0.249 e. The Kier molecular flexibility index (Phi) is 4.63. The summed E-state index contributed by atoms with van der Waals surface area (Å²) in [5.41, 5.74) is 0.852. The first-order valence-electron chi connectivity index (χ1n) is 7.55. The Morgan fingerprint density at radius 1 is 1.43 bits per heavy atom. The minimum atomic E-state index is -0.558. The summed E-state index contributed by atoms with van der Waals surface area (Å²) in [4.78, 5) is 15.6. The second-order valence-corrected chi connectivity index (χ2v) is 5.44. The van der Waals surface area contributed by atoms with Gasteiger partial charge in [0.25, 0.3) is 0 Å². The van der Waals surface area contributed by atoms with Crippen LogP contribution in [0.1, 0.15) is 13.0 Å². The molecule has 23 heavy (non-hydrogen) atoms. The van der Waals surface area contributed by atoms with Gasteiger partial charge in [0.1, 0.15) is 6.04 Å². The molecule has 1 amide bonds. The molecule has 2 atom stereocenters. The van der Waals surface area contributed by atoms with Crippen molar-refractivity contribution >= 4 is 5.91 Å². The summed E-state index contributed by atoms with van der Waals surface area (Å²) >= 11 is 0. The molecule has 1 aliphatic rings. The lowest BCUT2D eigenvalue weighted by Gasteiger charge is -2.33. The Balaban J connectivity index is 1.71. The van der Waals surface area contributed by atoms with Crippen molar-refractivity contribution in [2.24, 2.45) is 0 Å². The highest BCUT2D eigenvalue weighted by molar-refractivity contribution is 5.80. The van der Waals surface area contributed by atoms with Crippen molar-refractivity contribution in [3.05, 3.63) is 30.3 Å². The van der Waals surface area contributed by atoms with Crippen LogP contribution in [0.4, 0.5) is 0 Å². The summed E-state index contributed by atoms with van der Waals surface area (Å²) in [5.74, 6) is 0.379. The van der Waals surface area contributed by atoms with Crippen molar-refractivity contribution in [2.75, 3.05) is 26.3 Å². The van der Waals surface area contributed by atoms with Crippen molar-refractivity contribution in [1.82, 2.24) is 25.1 Å². The zero-order valence-corrected chi connectivity index (χ0v) is 12.9. The molecule has 2 aromatic rings. The summed E-state index contributed by atoms with van der Waals surface area (Å²) in [7, 11) is 0. The molecular weight excluding hydrogens is 298 g/mol. The number of carbonyl (C=O) groups excluding carboxylic acids is 1. The second kappa shape index (κ2) is 6.84. The monoisotopic (exact) mass is 317 g/mol. The van der Waals surface area contributed by atoms with Crippen LogP contribution in [-0.4, -0.2) is 68.5 Å². The van der Waals surface area contributed by atoms with Gasteiger partial charge in [-0.3, -0.25) is 4.79 Å². The zero-order valence-electron chi connectivity index (χ0n) is 12.9. The van der Waals surface area contributed by atoms with Gasteiger partial charge in [-0.1, -0.05) is 30.3 Å². The first kappa shape index (κ1) is 15.6. The fourth-order valence-corrected chi connectivity index (χ4v) is 2.48. The van der Waals surface area contributed by atoms with Crippen LogP contribution in [0.25, 0.3) is 11.4 Å². The minimum absolute atomic E-state index is 0.0993. The largest absolute Gasteiger partial charge is 0.394 e. The molecule has 8 nitrogen and oxygen atoms in total. The number of morpholine rings is 1. The number of amides is 1. The van der Waals surface area contributed by atoms with Gasteiger partial charge in [-0.25, -0.2) is 0 Å². The van der Waals surface area contributed by atoms with Gasteiger partial charge in [-0.2, -0.15) is 4.80 Å². The number of ether oxygens (including phenoxy) is 1. The number of rotatable bonds is 4. The van der Waals surface area contributed by atoms with Crippen LogP contribution in [0.5, 0.6) is 0 Å². The Labute approximate surface area is 133 Å². The molecule has 1 saturated heterocycles. The van der Waals surface area contributed by atoms with Crippen molar-refractivity contribution < 1.29 is 14.6 Å². The number of aromatic nitrogens is 4. The van der Waals surface area contributed by atoms with E-state index < -0.39 is 6.04 Å². The third kappa shape index (κ3) is 3.38. The third-order valence-electron chi connectivity index (χ3n) is 3.82. The normalized spacial score (nSPS) is 19.6. The standard InChI is InChI=1S/C15H19N5O3/c1-11(15(22)19-7-8-23-13(9-19)10-21)20-17-14(16-18-20)12-5-3-2-4-6-12/h2-6,11,13,21H,7-10H2,1H3/t11-,13+/m1/s1. The average molecular weight is 317 g/mol. The van der Waals surface area contributed by atoms with Gasteiger partial charge in [-0.05, 0) is 12.1 Å². The van der Waals surface area contributed by atoms with E-state index in [0.717, 1.165) is 5.56 Å². The molecule has 0 unspecified atom stereocenters. The van der Waals surface area contributed by atoms with Crippen LogP contribution in [-0.2, 0) is 9.53 Å². The molecule has 1 aromatic heterocycles. The maximum Gasteiger partial charge on any atom is 0.249 e. The van der Waals surface area contributed by atoms with Gasteiger partial charge < -0.3 is 14.7 Å². The van der Waals surface area contributed by atoms with E-state index >= 15 is 0 Å². The molecule has 8 heteroatoms. The highest BCUT2D eigenvalue weighted by Gasteiger charge is 2.29. The molecule has 0 aliphatic carbocycles. The molecule has 0 bridgehead atoms.